The topological polar surface area (TPSA) is 48.0 Å². The van der Waals surface area contributed by atoms with Crippen molar-refractivity contribution in [3.63, 3.8) is 0 Å². The van der Waals surface area contributed by atoms with Gasteiger partial charge in [-0.15, -0.1) is 0 Å². The number of fused-ring (bicyclic) bond motifs is 8. The molecule has 306 valence electrons. The van der Waals surface area contributed by atoms with Gasteiger partial charge in [0, 0.05) is 50.6 Å². The van der Waals surface area contributed by atoms with E-state index in [9.17, 15) is 0 Å². The maximum Gasteiger partial charge on any atom is 0.200 e. The van der Waals surface area contributed by atoms with Crippen LogP contribution in [0, 0.1) is 13.8 Å². The number of furan rings is 2. The van der Waals surface area contributed by atoms with Crippen LogP contribution >= 0.6 is 18.7 Å². The van der Waals surface area contributed by atoms with Crippen molar-refractivity contribution >= 4 is 117 Å². The summed E-state index contributed by atoms with van der Waals surface area (Å²) in [5.41, 5.74) is 13.0. The lowest BCUT2D eigenvalue weighted by Gasteiger charge is -2.43. The Bertz CT molecular complexity index is 3890. The van der Waals surface area contributed by atoms with Crippen LogP contribution in [0.4, 0.5) is 17.1 Å². The van der Waals surface area contributed by atoms with Crippen LogP contribution in [0.1, 0.15) is 11.1 Å². The van der Waals surface area contributed by atoms with Gasteiger partial charge in [0.25, 0.3) is 0 Å². The van der Waals surface area contributed by atoms with Crippen molar-refractivity contribution in [2.24, 2.45) is 0 Å². The van der Waals surface area contributed by atoms with Crippen LogP contribution in [0.2, 0.25) is 0 Å². The molecule has 0 fully saturated rings. The zero-order chi connectivity index (χ0) is 42.9. The van der Waals surface area contributed by atoms with Gasteiger partial charge in [-0.2, -0.15) is 0 Å². The molecule has 0 aliphatic carbocycles. The molecule has 10 aromatic carbocycles. The fourth-order valence-electron chi connectivity index (χ4n) is 10.9. The lowest BCUT2D eigenvalue weighted by molar-refractivity contribution is 0.467. The second-order valence-electron chi connectivity index (χ2n) is 17.8. The Morgan fingerprint density at radius 1 is 0.415 bits per heavy atom. The van der Waals surface area contributed by atoms with Crippen LogP contribution in [0.15, 0.2) is 179 Å². The Labute approximate surface area is 378 Å². The first-order valence-electron chi connectivity index (χ1n) is 21.9. The number of rotatable bonds is 3. The molecule has 0 radical (unpaired) electrons. The van der Waals surface area contributed by atoms with E-state index in [1.54, 1.807) is 0 Å². The highest BCUT2D eigenvalue weighted by molar-refractivity contribution is 8.61. The van der Waals surface area contributed by atoms with E-state index in [-0.39, 0.29) is 0 Å². The van der Waals surface area contributed by atoms with Crippen molar-refractivity contribution in [2.75, 3.05) is 4.90 Å². The predicted octanol–water partition coefficient (Wildman–Crippen LogP) is 15.9. The van der Waals surface area contributed by atoms with Gasteiger partial charge in [0.15, 0.2) is 40.1 Å². The predicted molar refractivity (Wildman–Crippen MR) is 272 cm³/mol. The van der Waals surface area contributed by atoms with Crippen LogP contribution in [0.3, 0.4) is 0 Å². The molecule has 0 saturated carbocycles. The monoisotopic (exact) mass is 872 g/mol. The van der Waals surface area contributed by atoms with Crippen molar-refractivity contribution in [2.45, 2.75) is 13.8 Å². The molecule has 3 aliphatic heterocycles. The number of nitrogens with zero attached hydrogens (tertiary/aromatic N) is 1. The third-order valence-corrected chi connectivity index (χ3v) is 18.9. The molecule has 15 rings (SSSR count). The van der Waals surface area contributed by atoms with E-state index in [2.05, 4.69) is 189 Å². The maximum atomic E-state index is 7.29. The van der Waals surface area contributed by atoms with Gasteiger partial charge in [-0.05, 0) is 149 Å². The molecular formula is C58H35NO4PS+. The molecule has 0 amide bonds. The minimum atomic E-state index is -2.76. The zero-order valence-corrected chi connectivity index (χ0v) is 36.9. The van der Waals surface area contributed by atoms with Gasteiger partial charge >= 0.3 is 0 Å². The van der Waals surface area contributed by atoms with Crippen LogP contribution in [-0.4, -0.2) is 0 Å². The van der Waals surface area contributed by atoms with Gasteiger partial charge in [-0.1, -0.05) is 78.4 Å². The Morgan fingerprint density at radius 2 is 0.877 bits per heavy atom. The molecule has 3 aliphatic rings. The molecule has 0 atom stereocenters. The molecule has 0 spiro atoms. The molecule has 0 bridgehead atoms. The van der Waals surface area contributed by atoms with Gasteiger partial charge in [0.05, 0.1) is 11.4 Å². The van der Waals surface area contributed by atoms with E-state index >= 15 is 0 Å². The van der Waals surface area contributed by atoms with Crippen molar-refractivity contribution in [3.05, 3.63) is 181 Å². The molecule has 65 heavy (non-hydrogen) atoms. The minimum Gasteiger partial charge on any atom is -0.456 e. The number of hydrogen-bond acceptors (Lipinski definition) is 6. The second kappa shape index (κ2) is 12.6. The summed E-state index contributed by atoms with van der Waals surface area (Å²) >= 11 is 6.10. The minimum absolute atomic E-state index is 0.792. The molecule has 0 unspecified atom stereocenters. The molecular weight excluding hydrogens is 838 g/mol. The summed E-state index contributed by atoms with van der Waals surface area (Å²) in [4.78, 5) is 2.38. The highest BCUT2D eigenvalue weighted by atomic mass is 32.7. The average molecular weight is 873 g/mol. The fraction of sp³-hybridized carbons (Fsp3) is 0.0345. The Morgan fingerprint density at radius 3 is 1.37 bits per heavy atom. The highest BCUT2D eigenvalue weighted by Crippen LogP contribution is 2.76. The van der Waals surface area contributed by atoms with Crippen molar-refractivity contribution in [1.82, 2.24) is 0 Å². The first-order valence-corrected chi connectivity index (χ1v) is 24.9. The first-order chi connectivity index (χ1) is 31.9. The molecule has 0 saturated heterocycles. The number of thiol groups is 1. The summed E-state index contributed by atoms with van der Waals surface area (Å²) in [5, 5.41) is 12.2. The Balaban J connectivity index is 0.999. The molecule has 0 N–H and O–H groups in total. The van der Waals surface area contributed by atoms with Gasteiger partial charge in [0.2, 0.25) is 5.30 Å². The average Bonchev–Trinajstić information content (AvgIpc) is 3.86. The Hall–Kier alpha value is -7.50. The van der Waals surface area contributed by atoms with E-state index in [4.69, 9.17) is 30.6 Å². The molecule has 7 heteroatoms. The van der Waals surface area contributed by atoms with E-state index in [1.807, 2.05) is 0 Å². The number of anilines is 3. The van der Waals surface area contributed by atoms with E-state index < -0.39 is 6.46 Å². The van der Waals surface area contributed by atoms with Gasteiger partial charge in [0.1, 0.15) is 22.3 Å². The normalized spacial score (nSPS) is 14.1. The standard InChI is InChI=1S/C58H35NO4PS/c1-31-11-15-39(16-12-31)59-46-19-17-40(37-13-21-48-42(27-37)44-25-33-7-3-5-9-35(33)29-50(44)60-48)54-56(46)64(65)57-47(59)20-18-41(55(57)63-53-24-32(2)23-52(62-54)58(53)64)38-14-22-49-43(28-38)45-26-34-8-4-6-10-36(34)30-51(45)61-49/h3-30,65H,1-2H3/q+1. The summed E-state index contributed by atoms with van der Waals surface area (Å²) < 4.78 is 27.5. The van der Waals surface area contributed by atoms with E-state index in [1.165, 1.54) is 16.3 Å². The molecule has 12 aromatic rings. The van der Waals surface area contributed by atoms with Crippen LogP contribution in [-0.2, 0) is 0 Å². The van der Waals surface area contributed by atoms with Crippen molar-refractivity contribution in [3.8, 4) is 45.3 Å². The molecule has 2 aromatic heterocycles. The summed E-state index contributed by atoms with van der Waals surface area (Å²) in [7, 11) is 0. The van der Waals surface area contributed by atoms with Crippen LogP contribution < -0.4 is 30.3 Å². The number of hydrogen-bond donors (Lipinski definition) is 1. The third-order valence-electron chi connectivity index (χ3n) is 13.9. The van der Waals surface area contributed by atoms with Crippen LogP contribution in [0.5, 0.6) is 23.0 Å². The third kappa shape index (κ3) is 4.82. The fourth-order valence-corrected chi connectivity index (χ4v) is 16.1. The first kappa shape index (κ1) is 35.9. The zero-order valence-electron chi connectivity index (χ0n) is 35.1. The number of benzene rings is 10. The molecule has 5 nitrogen and oxygen atoms in total. The highest BCUT2D eigenvalue weighted by Gasteiger charge is 2.63. The second-order valence-corrected chi connectivity index (χ2v) is 22.2. The summed E-state index contributed by atoms with van der Waals surface area (Å²) in [5.74, 6) is 3.23. The summed E-state index contributed by atoms with van der Waals surface area (Å²) in [6, 6.07) is 60.8. The largest absolute Gasteiger partial charge is 0.456 e. The van der Waals surface area contributed by atoms with Crippen LogP contribution in [0.25, 0.3) is 87.7 Å². The van der Waals surface area contributed by atoms with Crippen molar-refractivity contribution in [1.29, 1.82) is 0 Å². The number of ether oxygens (including phenoxy) is 2. The molecule has 5 heterocycles. The van der Waals surface area contributed by atoms with E-state index in [0.717, 1.165) is 138 Å². The quantitative estimate of drug-likeness (QED) is 0.142. The Kier molecular flexibility index (Phi) is 6.96. The summed E-state index contributed by atoms with van der Waals surface area (Å²) in [6.07, 6.45) is 0. The van der Waals surface area contributed by atoms with Gasteiger partial charge in [-0.25, -0.2) is 0 Å². The lowest BCUT2D eigenvalue weighted by Crippen LogP contribution is -2.44. The smallest absolute Gasteiger partial charge is 0.200 e. The van der Waals surface area contributed by atoms with Gasteiger partial charge in [-0.3, -0.25) is 0 Å². The maximum absolute atomic E-state index is 7.29. The van der Waals surface area contributed by atoms with E-state index in [0.29, 0.717) is 0 Å². The SMILES string of the molecule is Cc1ccc(N2c3ccc(-c4ccc5oc6cc7ccccc7cc6c5c4)c4c3[P+]3(S)c5c(cc(C)cc5Oc5c(-c6ccc7oc8cc9ccccc9cc8c7c6)ccc2c53)O4)cc1. The number of aryl methyl sites for hydroxylation is 2. The van der Waals surface area contributed by atoms with Crippen molar-refractivity contribution < 1.29 is 18.3 Å². The summed E-state index contributed by atoms with van der Waals surface area (Å²) in [6.45, 7) is 1.48. The lowest BCUT2D eigenvalue weighted by atomic mass is 9.98. The van der Waals surface area contributed by atoms with Gasteiger partial charge < -0.3 is 23.2 Å².